The van der Waals surface area contributed by atoms with E-state index in [0.717, 1.165) is 5.23 Å². The summed E-state index contributed by atoms with van der Waals surface area (Å²) in [4.78, 5) is 28.1. The first-order valence-corrected chi connectivity index (χ1v) is 10.7. The molecule has 2 aromatic carbocycles. The van der Waals surface area contributed by atoms with Gasteiger partial charge in [-0.2, -0.15) is 4.89 Å². The maximum Gasteiger partial charge on any atom is 0.338 e. The molecule has 3 rings (SSSR count). The molecule has 0 saturated carbocycles. The highest BCUT2D eigenvalue weighted by Crippen LogP contribution is 2.31. The van der Waals surface area contributed by atoms with E-state index in [1.807, 2.05) is 0 Å². The summed E-state index contributed by atoms with van der Waals surface area (Å²) in [6.45, 7) is 3.18. The highest BCUT2D eigenvalue weighted by Gasteiger charge is 2.29. The van der Waals surface area contributed by atoms with E-state index >= 15 is 0 Å². The van der Waals surface area contributed by atoms with Crippen LogP contribution in [0, 0.1) is 5.82 Å². The summed E-state index contributed by atoms with van der Waals surface area (Å²) in [7, 11) is 1.62. The van der Waals surface area contributed by atoms with Crippen molar-refractivity contribution in [3.63, 3.8) is 0 Å². The fraction of sp³-hybridized carbons (Fsp3) is 0.435. The third-order valence-electron chi connectivity index (χ3n) is 4.46. The van der Waals surface area contributed by atoms with Crippen LogP contribution in [0.3, 0.4) is 0 Å². The van der Waals surface area contributed by atoms with E-state index in [2.05, 4.69) is 0 Å². The van der Waals surface area contributed by atoms with E-state index in [9.17, 15) is 9.18 Å². The molecule has 10 nitrogen and oxygen atoms in total. The monoisotopic (exact) mass is 481 g/mol. The quantitative estimate of drug-likeness (QED) is 0.215. The zero-order valence-corrected chi connectivity index (χ0v) is 18.9. The van der Waals surface area contributed by atoms with E-state index in [-0.39, 0.29) is 19.0 Å². The number of carbonyl (C=O) groups excluding carboxylic acids is 1. The number of hydrogen-bond acceptors (Lipinski definition) is 10. The normalized spacial score (nSPS) is 15.6. The molecule has 0 bridgehead atoms. The van der Waals surface area contributed by atoms with Gasteiger partial charge in [-0.1, -0.05) is 28.4 Å². The zero-order valence-electron chi connectivity index (χ0n) is 18.9. The largest absolute Gasteiger partial charge is 0.460 e. The third-order valence-corrected chi connectivity index (χ3v) is 4.46. The van der Waals surface area contributed by atoms with Crippen LogP contribution in [0.5, 0.6) is 0 Å². The molecule has 186 valence electrons. The summed E-state index contributed by atoms with van der Waals surface area (Å²) >= 11 is 0. The smallest absolute Gasteiger partial charge is 0.338 e. The van der Waals surface area contributed by atoms with Gasteiger partial charge in [-0.25, -0.2) is 14.0 Å². The maximum atomic E-state index is 13.1. The van der Waals surface area contributed by atoms with Crippen LogP contribution in [0.1, 0.15) is 22.2 Å². The van der Waals surface area contributed by atoms with Gasteiger partial charge in [0, 0.05) is 12.7 Å². The number of esters is 1. The van der Waals surface area contributed by atoms with Gasteiger partial charge < -0.3 is 23.7 Å². The molecule has 1 aliphatic rings. The fourth-order valence-electron chi connectivity index (χ4n) is 2.75. The molecule has 0 N–H and O–H groups in total. The van der Waals surface area contributed by atoms with Gasteiger partial charge in [-0.3, -0.25) is 0 Å². The second-order valence-electron chi connectivity index (χ2n) is 6.93. The topological polar surface area (TPSA) is 94.2 Å². The fourth-order valence-corrected chi connectivity index (χ4v) is 2.75. The van der Waals surface area contributed by atoms with Crippen molar-refractivity contribution in [2.45, 2.75) is 6.29 Å². The number of halogens is 1. The molecule has 1 unspecified atom stereocenters. The average molecular weight is 481 g/mol. The third kappa shape index (κ3) is 8.61. The maximum absolute atomic E-state index is 13.1. The van der Waals surface area contributed by atoms with Crippen LogP contribution in [-0.4, -0.2) is 65.9 Å². The molecular formula is C23H28FNO9. The van der Waals surface area contributed by atoms with Gasteiger partial charge >= 0.3 is 5.97 Å². The van der Waals surface area contributed by atoms with Gasteiger partial charge in [-0.05, 0) is 30.3 Å². The Morgan fingerprint density at radius 3 is 2.24 bits per heavy atom. The number of nitrogens with zero attached hydrogens (tertiary/aromatic N) is 1. The van der Waals surface area contributed by atoms with Gasteiger partial charge in [0.2, 0.25) is 6.29 Å². The van der Waals surface area contributed by atoms with E-state index in [0.29, 0.717) is 56.5 Å². The Balaban J connectivity index is 1.31. The van der Waals surface area contributed by atoms with E-state index < -0.39 is 12.3 Å². The van der Waals surface area contributed by atoms with Crippen LogP contribution >= 0.6 is 0 Å². The van der Waals surface area contributed by atoms with Gasteiger partial charge in [0.1, 0.15) is 12.4 Å². The number of ether oxygens (including phenoxy) is 5. The summed E-state index contributed by atoms with van der Waals surface area (Å²) in [6, 6.07) is 12.1. The van der Waals surface area contributed by atoms with Crippen LogP contribution in [0.15, 0.2) is 48.5 Å². The number of methoxy groups -OCH3 is 1. The van der Waals surface area contributed by atoms with Gasteiger partial charge in [0.05, 0.1) is 57.5 Å². The molecule has 1 aliphatic heterocycles. The number of benzene rings is 2. The zero-order chi connectivity index (χ0) is 24.0. The SMILES string of the molecule is COCCOCCOCCOCCOC(=O)c1cccc(N2OOC(c3ccc(F)cc3)O2)c1. The number of anilines is 1. The molecule has 2 aromatic rings. The summed E-state index contributed by atoms with van der Waals surface area (Å²) in [6.07, 6.45) is -0.875. The molecule has 1 atom stereocenters. The average Bonchev–Trinajstić information content (AvgIpc) is 3.35. The Morgan fingerprint density at radius 2 is 1.56 bits per heavy atom. The molecule has 1 heterocycles. The van der Waals surface area contributed by atoms with Gasteiger partial charge in [0.25, 0.3) is 0 Å². The number of rotatable bonds is 15. The van der Waals surface area contributed by atoms with E-state index in [4.69, 9.17) is 38.4 Å². The van der Waals surface area contributed by atoms with Gasteiger partial charge in [-0.15, -0.1) is 0 Å². The lowest BCUT2D eigenvalue weighted by atomic mass is 10.2. The van der Waals surface area contributed by atoms with Crippen molar-refractivity contribution in [3.05, 3.63) is 65.5 Å². The van der Waals surface area contributed by atoms with Crippen molar-refractivity contribution < 1.29 is 47.6 Å². The summed E-state index contributed by atoms with van der Waals surface area (Å²) in [5.74, 6) is -0.894. The molecule has 0 spiro atoms. The predicted octanol–water partition coefficient (Wildman–Crippen LogP) is 2.99. The first-order chi connectivity index (χ1) is 16.7. The molecule has 34 heavy (non-hydrogen) atoms. The van der Waals surface area contributed by atoms with Crippen LogP contribution in [-0.2, 0) is 38.4 Å². The molecule has 11 heteroatoms. The Labute approximate surface area is 196 Å². The second-order valence-corrected chi connectivity index (χ2v) is 6.93. The van der Waals surface area contributed by atoms with Crippen LogP contribution < -0.4 is 5.23 Å². The summed E-state index contributed by atoms with van der Waals surface area (Å²) in [5, 5.41) is 1.02. The first-order valence-electron chi connectivity index (χ1n) is 10.7. The molecule has 0 radical (unpaired) electrons. The highest BCUT2D eigenvalue weighted by atomic mass is 19.1. The van der Waals surface area contributed by atoms with Crippen LogP contribution in [0.4, 0.5) is 10.1 Å². The standard InChI is InChI=1S/C23H28FNO9/c1-27-9-10-28-11-12-29-13-14-30-15-16-31-22(26)19-3-2-4-21(17-19)25-32-23(33-34-25)18-5-7-20(24)8-6-18/h2-8,17,23H,9-16H2,1H3. The minimum Gasteiger partial charge on any atom is -0.460 e. The molecule has 1 saturated heterocycles. The van der Waals surface area contributed by atoms with Crippen molar-refractivity contribution in [1.29, 1.82) is 0 Å². The van der Waals surface area contributed by atoms with Crippen LogP contribution in [0.2, 0.25) is 0 Å². The molecule has 0 amide bonds. The first kappa shape index (κ1) is 26.0. The predicted molar refractivity (Wildman–Crippen MR) is 116 cm³/mol. The minimum absolute atomic E-state index is 0.0929. The van der Waals surface area contributed by atoms with Crippen LogP contribution in [0.25, 0.3) is 0 Å². The molecule has 1 fully saturated rings. The highest BCUT2D eigenvalue weighted by molar-refractivity contribution is 5.90. The minimum atomic E-state index is -0.875. The van der Waals surface area contributed by atoms with Crippen molar-refractivity contribution >= 4 is 11.7 Å². The van der Waals surface area contributed by atoms with Crippen molar-refractivity contribution in [3.8, 4) is 0 Å². The van der Waals surface area contributed by atoms with Gasteiger partial charge in [0.15, 0.2) is 0 Å². The molecular weight excluding hydrogens is 453 g/mol. The molecule has 0 aromatic heterocycles. The van der Waals surface area contributed by atoms with Crippen molar-refractivity contribution in [2.75, 3.05) is 65.2 Å². The Morgan fingerprint density at radius 1 is 0.912 bits per heavy atom. The van der Waals surface area contributed by atoms with E-state index in [1.54, 1.807) is 25.3 Å². The van der Waals surface area contributed by atoms with Crippen molar-refractivity contribution in [1.82, 2.24) is 0 Å². The lowest BCUT2D eigenvalue weighted by Gasteiger charge is -2.13. The molecule has 0 aliphatic carbocycles. The lowest BCUT2D eigenvalue weighted by Crippen LogP contribution is -2.17. The summed E-state index contributed by atoms with van der Waals surface area (Å²) < 4.78 is 39.2. The number of carbonyl (C=O) groups is 1. The Bertz CT molecular complexity index is 868. The Kier molecular flexibility index (Phi) is 11.1. The summed E-state index contributed by atoms with van der Waals surface area (Å²) in [5.41, 5.74) is 1.28. The second kappa shape index (κ2) is 14.6. The number of hydrogen-bond donors (Lipinski definition) is 0. The Hall–Kier alpha value is -2.64. The van der Waals surface area contributed by atoms with E-state index in [1.165, 1.54) is 30.3 Å². The van der Waals surface area contributed by atoms with Crippen molar-refractivity contribution in [2.24, 2.45) is 0 Å². The lowest BCUT2D eigenvalue weighted by molar-refractivity contribution is -0.286.